The second-order valence-corrected chi connectivity index (χ2v) is 7.38. The van der Waals surface area contributed by atoms with Gasteiger partial charge in [-0.1, -0.05) is 52.3 Å². The first kappa shape index (κ1) is 17.5. The van der Waals surface area contributed by atoms with Crippen LogP contribution in [-0.4, -0.2) is 18.4 Å². The van der Waals surface area contributed by atoms with Gasteiger partial charge >= 0.3 is 0 Å². The van der Waals surface area contributed by atoms with Crippen LogP contribution in [0.2, 0.25) is 0 Å². The first-order valence-electron chi connectivity index (χ1n) is 8.52. The van der Waals surface area contributed by atoms with Crippen LogP contribution in [-0.2, 0) is 15.0 Å². The zero-order chi connectivity index (χ0) is 17.0. The fraction of sp³-hybridized carbons (Fsp3) is 0.579. The molecular formula is C19H28N2O2. The van der Waals surface area contributed by atoms with Gasteiger partial charge < -0.3 is 10.6 Å². The molecule has 1 aliphatic carbocycles. The number of nitrogens with one attached hydrogen (secondary N) is 2. The lowest BCUT2D eigenvalue weighted by Gasteiger charge is -2.23. The highest BCUT2D eigenvalue weighted by Crippen LogP contribution is 2.40. The van der Waals surface area contributed by atoms with Crippen molar-refractivity contribution in [3.63, 3.8) is 0 Å². The lowest BCUT2D eigenvalue weighted by atomic mass is 9.86. The Morgan fingerprint density at radius 2 is 1.78 bits per heavy atom. The van der Waals surface area contributed by atoms with Gasteiger partial charge in [0.25, 0.3) is 0 Å². The lowest BCUT2D eigenvalue weighted by molar-refractivity contribution is -0.125. The fourth-order valence-corrected chi connectivity index (χ4v) is 2.77. The number of unbranched alkanes of at least 4 members (excludes halogenated alkanes) is 1. The van der Waals surface area contributed by atoms with E-state index in [2.05, 4.69) is 38.3 Å². The van der Waals surface area contributed by atoms with Crippen LogP contribution in [0.5, 0.6) is 0 Å². The smallest absolute Gasteiger partial charge is 0.228 e. The number of para-hydroxylation sites is 1. The molecule has 0 aromatic heterocycles. The lowest BCUT2D eigenvalue weighted by Crippen LogP contribution is -2.28. The monoisotopic (exact) mass is 316 g/mol. The molecule has 1 fully saturated rings. The molecule has 2 unspecified atom stereocenters. The van der Waals surface area contributed by atoms with Crippen LogP contribution in [0.15, 0.2) is 24.3 Å². The van der Waals surface area contributed by atoms with Gasteiger partial charge in [0.05, 0.1) is 11.8 Å². The summed E-state index contributed by atoms with van der Waals surface area (Å²) in [6.45, 7) is 9.16. The zero-order valence-electron chi connectivity index (χ0n) is 14.6. The number of rotatable bonds is 6. The summed E-state index contributed by atoms with van der Waals surface area (Å²) in [6.07, 6.45) is 2.69. The Hall–Kier alpha value is -1.84. The summed E-state index contributed by atoms with van der Waals surface area (Å²) in [4.78, 5) is 24.4. The highest BCUT2D eigenvalue weighted by Gasteiger charge is 2.48. The van der Waals surface area contributed by atoms with Crippen LogP contribution in [0.3, 0.4) is 0 Å². The zero-order valence-corrected chi connectivity index (χ0v) is 14.6. The molecule has 4 nitrogen and oxygen atoms in total. The number of carbonyl (C=O) groups excluding carboxylic acids is 2. The summed E-state index contributed by atoms with van der Waals surface area (Å²) >= 11 is 0. The molecule has 2 rings (SSSR count). The van der Waals surface area contributed by atoms with Crippen LogP contribution < -0.4 is 10.6 Å². The number of hydrogen-bond acceptors (Lipinski definition) is 2. The number of anilines is 1. The van der Waals surface area contributed by atoms with Crippen molar-refractivity contribution in [3.8, 4) is 0 Å². The molecule has 0 radical (unpaired) electrons. The molecule has 1 aromatic rings. The maximum absolute atomic E-state index is 12.4. The molecule has 0 saturated heterocycles. The number of hydrogen-bond donors (Lipinski definition) is 2. The molecule has 23 heavy (non-hydrogen) atoms. The van der Waals surface area contributed by atoms with E-state index in [9.17, 15) is 9.59 Å². The summed E-state index contributed by atoms with van der Waals surface area (Å²) in [5.74, 6) is -0.377. The molecule has 0 bridgehead atoms. The van der Waals surface area contributed by atoms with E-state index in [1.807, 2.05) is 24.3 Å². The van der Waals surface area contributed by atoms with Crippen LogP contribution in [0.1, 0.15) is 52.5 Å². The highest BCUT2D eigenvalue weighted by molar-refractivity contribution is 6.00. The second-order valence-electron chi connectivity index (χ2n) is 7.38. The summed E-state index contributed by atoms with van der Waals surface area (Å²) in [7, 11) is 0. The third kappa shape index (κ3) is 4.57. The van der Waals surface area contributed by atoms with E-state index < -0.39 is 0 Å². The minimum atomic E-state index is -0.190. The van der Waals surface area contributed by atoms with Crippen molar-refractivity contribution < 1.29 is 9.59 Å². The largest absolute Gasteiger partial charge is 0.356 e. The van der Waals surface area contributed by atoms with Gasteiger partial charge in [0, 0.05) is 12.2 Å². The molecule has 2 atom stereocenters. The van der Waals surface area contributed by atoms with Gasteiger partial charge in [-0.25, -0.2) is 0 Å². The number of benzene rings is 1. The normalized spacial score (nSPS) is 20.0. The van der Waals surface area contributed by atoms with Crippen molar-refractivity contribution in [1.82, 2.24) is 5.32 Å². The van der Waals surface area contributed by atoms with Crippen molar-refractivity contribution in [3.05, 3.63) is 29.8 Å². The third-order valence-corrected chi connectivity index (χ3v) is 4.29. The van der Waals surface area contributed by atoms with Gasteiger partial charge in [-0.3, -0.25) is 9.59 Å². The summed E-state index contributed by atoms with van der Waals surface area (Å²) < 4.78 is 0. The minimum Gasteiger partial charge on any atom is -0.356 e. The molecule has 1 saturated carbocycles. The van der Waals surface area contributed by atoms with E-state index >= 15 is 0 Å². The molecule has 1 aromatic carbocycles. The molecular weight excluding hydrogens is 288 g/mol. The maximum Gasteiger partial charge on any atom is 0.228 e. The van der Waals surface area contributed by atoms with Crippen LogP contribution >= 0.6 is 0 Å². The van der Waals surface area contributed by atoms with Gasteiger partial charge in [0.15, 0.2) is 0 Å². The summed E-state index contributed by atoms with van der Waals surface area (Å²) in [5, 5.41) is 5.92. The van der Waals surface area contributed by atoms with Gasteiger partial charge in [-0.05, 0) is 29.9 Å². The predicted molar refractivity (Wildman–Crippen MR) is 93.3 cm³/mol. The first-order chi connectivity index (χ1) is 10.8. The van der Waals surface area contributed by atoms with Crippen LogP contribution in [0, 0.1) is 11.8 Å². The average Bonchev–Trinajstić information content (AvgIpc) is 3.27. The summed E-state index contributed by atoms with van der Waals surface area (Å²) in [5.41, 5.74) is 1.92. The van der Waals surface area contributed by atoms with E-state index in [-0.39, 0.29) is 29.1 Å². The van der Waals surface area contributed by atoms with E-state index in [1.54, 1.807) is 0 Å². The summed E-state index contributed by atoms with van der Waals surface area (Å²) in [6, 6.07) is 7.87. The Balaban J connectivity index is 1.93. The molecule has 126 valence electrons. The molecule has 2 amide bonds. The van der Waals surface area contributed by atoms with Crippen LogP contribution in [0.25, 0.3) is 0 Å². The Morgan fingerprint density at radius 3 is 2.43 bits per heavy atom. The van der Waals surface area contributed by atoms with Crippen molar-refractivity contribution in [1.29, 1.82) is 0 Å². The highest BCUT2D eigenvalue weighted by atomic mass is 16.2. The predicted octanol–water partition coefficient (Wildman–Crippen LogP) is 3.48. The van der Waals surface area contributed by atoms with Crippen molar-refractivity contribution in [2.45, 2.75) is 52.4 Å². The molecule has 0 aliphatic heterocycles. The second kappa shape index (κ2) is 7.16. The van der Waals surface area contributed by atoms with E-state index in [4.69, 9.17) is 0 Å². The minimum absolute atomic E-state index is 0.0164. The topological polar surface area (TPSA) is 58.2 Å². The molecule has 2 N–H and O–H groups in total. The molecule has 0 spiro atoms. The Morgan fingerprint density at radius 1 is 1.13 bits per heavy atom. The third-order valence-electron chi connectivity index (χ3n) is 4.29. The molecule has 0 heterocycles. The molecule has 1 aliphatic rings. The maximum atomic E-state index is 12.4. The van der Waals surface area contributed by atoms with Gasteiger partial charge in [0.1, 0.15) is 0 Å². The average molecular weight is 316 g/mol. The van der Waals surface area contributed by atoms with Gasteiger partial charge in [0.2, 0.25) is 11.8 Å². The fourth-order valence-electron chi connectivity index (χ4n) is 2.77. The van der Waals surface area contributed by atoms with Crippen molar-refractivity contribution in [2.75, 3.05) is 11.9 Å². The SMILES string of the molecule is CCCCNC(=O)C1CC1C(=O)Nc1ccccc1C(C)(C)C. The Labute approximate surface area is 139 Å². The van der Waals surface area contributed by atoms with Crippen molar-refractivity contribution in [2.24, 2.45) is 11.8 Å². The van der Waals surface area contributed by atoms with Crippen molar-refractivity contribution >= 4 is 17.5 Å². The van der Waals surface area contributed by atoms with Crippen LogP contribution in [0.4, 0.5) is 5.69 Å². The van der Waals surface area contributed by atoms with E-state index in [0.717, 1.165) is 24.1 Å². The number of amides is 2. The van der Waals surface area contributed by atoms with Gasteiger partial charge in [-0.2, -0.15) is 0 Å². The quantitative estimate of drug-likeness (QED) is 0.790. The first-order valence-corrected chi connectivity index (χ1v) is 8.52. The Kier molecular flexibility index (Phi) is 5.45. The number of carbonyl (C=O) groups is 2. The Bertz CT molecular complexity index is 575. The standard InChI is InChI=1S/C19H28N2O2/c1-5-6-11-20-17(22)13-12-14(13)18(23)21-16-10-8-7-9-15(16)19(2,3)4/h7-10,13-14H,5-6,11-12H2,1-4H3,(H,20,22)(H,21,23). The van der Waals surface area contributed by atoms with Gasteiger partial charge in [-0.15, -0.1) is 0 Å². The van der Waals surface area contributed by atoms with E-state index in [1.165, 1.54) is 0 Å². The molecule has 4 heteroatoms. The van der Waals surface area contributed by atoms with E-state index in [0.29, 0.717) is 13.0 Å².